The average molecular weight is 348 g/mol. The highest BCUT2D eigenvalue weighted by Gasteiger charge is 2.37. The zero-order valence-electron chi connectivity index (χ0n) is 11.8. The SMILES string of the molecule is O=C(Nc1ccccc1)Nc1cc(C(F)(F)F)cc(C(F)(F)F)c1. The minimum Gasteiger partial charge on any atom is -0.308 e. The molecule has 3 nitrogen and oxygen atoms in total. The fraction of sp³-hybridized carbons (Fsp3) is 0.133. The van der Waals surface area contributed by atoms with E-state index in [-0.39, 0.29) is 6.07 Å². The molecule has 0 aliphatic heterocycles. The molecular weight excluding hydrogens is 338 g/mol. The number of amides is 2. The lowest BCUT2D eigenvalue weighted by molar-refractivity contribution is -0.143. The number of anilines is 2. The van der Waals surface area contributed by atoms with E-state index in [1.165, 1.54) is 12.1 Å². The van der Waals surface area contributed by atoms with Crippen LogP contribution >= 0.6 is 0 Å². The quantitative estimate of drug-likeness (QED) is 0.704. The van der Waals surface area contributed by atoms with E-state index < -0.39 is 35.2 Å². The number of alkyl halides is 6. The van der Waals surface area contributed by atoms with Gasteiger partial charge in [0.05, 0.1) is 11.1 Å². The molecule has 0 bridgehead atoms. The van der Waals surface area contributed by atoms with Crippen molar-refractivity contribution >= 4 is 17.4 Å². The number of urea groups is 1. The molecule has 2 N–H and O–H groups in total. The van der Waals surface area contributed by atoms with Gasteiger partial charge in [-0.05, 0) is 30.3 Å². The van der Waals surface area contributed by atoms with E-state index in [1.54, 1.807) is 18.2 Å². The van der Waals surface area contributed by atoms with Crippen molar-refractivity contribution in [2.24, 2.45) is 0 Å². The summed E-state index contributed by atoms with van der Waals surface area (Å²) in [5.74, 6) is 0. The van der Waals surface area contributed by atoms with Crippen LogP contribution in [0.5, 0.6) is 0 Å². The zero-order chi connectivity index (χ0) is 18.0. The third-order valence-electron chi connectivity index (χ3n) is 2.88. The third kappa shape index (κ3) is 4.64. The summed E-state index contributed by atoms with van der Waals surface area (Å²) in [5.41, 5.74) is -3.30. The van der Waals surface area contributed by atoms with Gasteiger partial charge in [0.2, 0.25) is 0 Å². The molecule has 0 aliphatic rings. The van der Waals surface area contributed by atoms with E-state index >= 15 is 0 Å². The van der Waals surface area contributed by atoms with E-state index in [0.717, 1.165) is 0 Å². The van der Waals surface area contributed by atoms with E-state index in [9.17, 15) is 31.1 Å². The summed E-state index contributed by atoms with van der Waals surface area (Å²) in [6, 6.07) is 7.77. The molecule has 0 aliphatic carbocycles. The maximum Gasteiger partial charge on any atom is 0.416 e. The fourth-order valence-corrected chi connectivity index (χ4v) is 1.84. The molecule has 0 saturated carbocycles. The van der Waals surface area contributed by atoms with Crippen LogP contribution in [0.4, 0.5) is 42.5 Å². The van der Waals surface area contributed by atoms with Gasteiger partial charge in [0, 0.05) is 11.4 Å². The lowest BCUT2D eigenvalue weighted by atomic mass is 10.1. The van der Waals surface area contributed by atoms with Crippen molar-refractivity contribution in [2.75, 3.05) is 10.6 Å². The lowest BCUT2D eigenvalue weighted by Crippen LogP contribution is -2.20. The second-order valence-electron chi connectivity index (χ2n) is 4.74. The van der Waals surface area contributed by atoms with Crippen LogP contribution in [0.2, 0.25) is 0 Å². The molecule has 0 unspecified atom stereocenters. The first-order chi connectivity index (χ1) is 11.1. The summed E-state index contributed by atoms with van der Waals surface area (Å²) in [7, 11) is 0. The number of hydrogen-bond donors (Lipinski definition) is 2. The molecule has 2 aromatic rings. The highest BCUT2D eigenvalue weighted by molar-refractivity contribution is 5.99. The topological polar surface area (TPSA) is 41.1 Å². The molecule has 24 heavy (non-hydrogen) atoms. The minimum atomic E-state index is -4.98. The van der Waals surface area contributed by atoms with Gasteiger partial charge in [-0.3, -0.25) is 0 Å². The minimum absolute atomic E-state index is 0.0136. The highest BCUT2D eigenvalue weighted by atomic mass is 19.4. The van der Waals surface area contributed by atoms with Crippen LogP contribution < -0.4 is 10.6 Å². The maximum atomic E-state index is 12.7. The summed E-state index contributed by atoms with van der Waals surface area (Å²) >= 11 is 0. The summed E-state index contributed by atoms with van der Waals surface area (Å²) in [5, 5.41) is 4.26. The van der Waals surface area contributed by atoms with Crippen LogP contribution in [0.3, 0.4) is 0 Å². The van der Waals surface area contributed by atoms with Gasteiger partial charge in [0.15, 0.2) is 0 Å². The summed E-state index contributed by atoms with van der Waals surface area (Å²) in [6.45, 7) is 0. The highest BCUT2D eigenvalue weighted by Crippen LogP contribution is 2.37. The van der Waals surface area contributed by atoms with Crippen molar-refractivity contribution in [3.63, 3.8) is 0 Å². The van der Waals surface area contributed by atoms with Crippen molar-refractivity contribution in [1.29, 1.82) is 0 Å². The van der Waals surface area contributed by atoms with Gasteiger partial charge in [-0.1, -0.05) is 18.2 Å². The Bertz CT molecular complexity index is 693. The molecule has 0 saturated heterocycles. The molecule has 128 valence electrons. The van der Waals surface area contributed by atoms with Crippen molar-refractivity contribution < 1.29 is 31.1 Å². The van der Waals surface area contributed by atoms with Crippen molar-refractivity contribution in [3.05, 3.63) is 59.7 Å². The molecule has 2 rings (SSSR count). The fourth-order valence-electron chi connectivity index (χ4n) is 1.84. The smallest absolute Gasteiger partial charge is 0.308 e. The Labute approximate surface area is 132 Å². The number of hydrogen-bond acceptors (Lipinski definition) is 1. The zero-order valence-corrected chi connectivity index (χ0v) is 11.8. The number of halogens is 6. The Hall–Kier alpha value is -2.71. The van der Waals surface area contributed by atoms with E-state index in [2.05, 4.69) is 5.32 Å². The van der Waals surface area contributed by atoms with Crippen LogP contribution in [-0.2, 0) is 12.4 Å². The van der Waals surface area contributed by atoms with Crippen LogP contribution in [-0.4, -0.2) is 6.03 Å². The summed E-state index contributed by atoms with van der Waals surface area (Å²) in [6.07, 6.45) is -9.96. The van der Waals surface area contributed by atoms with Gasteiger partial charge in [-0.15, -0.1) is 0 Å². The van der Waals surface area contributed by atoms with Crippen LogP contribution in [0, 0.1) is 0 Å². The van der Waals surface area contributed by atoms with E-state index in [1.807, 2.05) is 5.32 Å². The van der Waals surface area contributed by atoms with Crippen LogP contribution in [0.25, 0.3) is 0 Å². The predicted molar refractivity (Wildman–Crippen MR) is 75.5 cm³/mol. The maximum absolute atomic E-state index is 12.7. The number of carbonyl (C=O) groups is 1. The number of para-hydroxylation sites is 1. The van der Waals surface area contributed by atoms with Crippen molar-refractivity contribution in [1.82, 2.24) is 0 Å². The third-order valence-corrected chi connectivity index (χ3v) is 2.88. The Balaban J connectivity index is 2.27. The second kappa shape index (κ2) is 6.42. The van der Waals surface area contributed by atoms with E-state index in [0.29, 0.717) is 17.8 Å². The number of carbonyl (C=O) groups excluding carboxylic acids is 1. The summed E-state index contributed by atoms with van der Waals surface area (Å²) in [4.78, 5) is 11.7. The standard InChI is InChI=1S/C15H10F6N2O/c16-14(17,18)9-6-10(15(19,20)21)8-12(7-9)23-13(24)22-11-4-2-1-3-5-11/h1-8H,(H2,22,23,24). The van der Waals surface area contributed by atoms with Gasteiger partial charge >= 0.3 is 18.4 Å². The molecule has 0 fully saturated rings. The molecule has 2 aromatic carbocycles. The normalized spacial score (nSPS) is 11.9. The number of nitrogens with one attached hydrogen (secondary N) is 2. The van der Waals surface area contributed by atoms with Crippen LogP contribution in [0.15, 0.2) is 48.5 Å². The molecule has 0 aromatic heterocycles. The largest absolute Gasteiger partial charge is 0.416 e. The van der Waals surface area contributed by atoms with Gasteiger partial charge in [0.25, 0.3) is 0 Å². The Kier molecular flexibility index (Phi) is 4.72. The molecule has 9 heteroatoms. The summed E-state index contributed by atoms with van der Waals surface area (Å²) < 4.78 is 76.3. The average Bonchev–Trinajstić information content (AvgIpc) is 2.46. The van der Waals surface area contributed by atoms with Crippen molar-refractivity contribution in [3.8, 4) is 0 Å². The van der Waals surface area contributed by atoms with Gasteiger partial charge in [0.1, 0.15) is 0 Å². The molecule has 0 atom stereocenters. The molecule has 0 radical (unpaired) electrons. The number of benzene rings is 2. The first kappa shape index (κ1) is 17.6. The Morgan fingerprint density at radius 3 is 1.62 bits per heavy atom. The van der Waals surface area contributed by atoms with Gasteiger partial charge < -0.3 is 10.6 Å². The second-order valence-corrected chi connectivity index (χ2v) is 4.74. The Morgan fingerprint density at radius 2 is 1.17 bits per heavy atom. The van der Waals surface area contributed by atoms with E-state index in [4.69, 9.17) is 0 Å². The van der Waals surface area contributed by atoms with Gasteiger partial charge in [-0.25, -0.2) is 4.79 Å². The van der Waals surface area contributed by atoms with Gasteiger partial charge in [-0.2, -0.15) is 26.3 Å². The molecule has 0 heterocycles. The number of rotatable bonds is 2. The molecule has 2 amide bonds. The Morgan fingerprint density at radius 1 is 0.708 bits per heavy atom. The van der Waals surface area contributed by atoms with Crippen LogP contribution in [0.1, 0.15) is 11.1 Å². The monoisotopic (exact) mass is 348 g/mol. The lowest BCUT2D eigenvalue weighted by Gasteiger charge is -2.15. The predicted octanol–water partition coefficient (Wildman–Crippen LogP) is 5.37. The first-order valence-corrected chi connectivity index (χ1v) is 6.48. The van der Waals surface area contributed by atoms with Crippen molar-refractivity contribution in [2.45, 2.75) is 12.4 Å². The first-order valence-electron chi connectivity index (χ1n) is 6.48. The molecular formula is C15H10F6N2O. The molecule has 0 spiro atoms.